The highest BCUT2D eigenvalue weighted by Gasteiger charge is 2.31. The van der Waals surface area contributed by atoms with E-state index in [0.29, 0.717) is 5.92 Å². The maximum Gasteiger partial charge on any atom is 0.227 e. The molecule has 0 amide bonds. The molecule has 1 aromatic rings. The first-order valence-corrected chi connectivity index (χ1v) is 10.6. The number of nitrogens with zero attached hydrogens (tertiary/aromatic N) is 5. The van der Waals surface area contributed by atoms with Crippen LogP contribution in [0.1, 0.15) is 46.6 Å². The lowest BCUT2D eigenvalue weighted by Crippen LogP contribution is -2.52. The fourth-order valence-electron chi connectivity index (χ4n) is 3.32. The van der Waals surface area contributed by atoms with Gasteiger partial charge in [-0.15, -0.1) is 0 Å². The van der Waals surface area contributed by atoms with E-state index in [9.17, 15) is 0 Å². The Labute approximate surface area is 174 Å². The minimum atomic E-state index is 0.373. The number of fused-ring (bicyclic) bond motifs is 1. The lowest BCUT2D eigenvalue weighted by molar-refractivity contribution is 0.203. The zero-order valence-corrected chi connectivity index (χ0v) is 18.7. The Bertz CT molecular complexity index is 816. The molecule has 3 rings (SSSR count). The van der Waals surface area contributed by atoms with Gasteiger partial charge in [-0.2, -0.15) is 10.1 Å². The number of hydrogen-bond acceptors (Lipinski definition) is 5. The van der Waals surface area contributed by atoms with E-state index < -0.39 is 0 Å². The van der Waals surface area contributed by atoms with Crippen molar-refractivity contribution in [2.24, 2.45) is 16.0 Å². The van der Waals surface area contributed by atoms with Crippen LogP contribution in [0.25, 0.3) is 5.70 Å². The first kappa shape index (κ1) is 20.9. The number of piperazine rings is 1. The fraction of sp³-hybridized carbons (Fsp3) is 0.545. The van der Waals surface area contributed by atoms with Crippen LogP contribution in [0, 0.1) is 5.92 Å². The lowest BCUT2D eigenvalue weighted by Gasteiger charge is -2.40. The van der Waals surface area contributed by atoms with Crippen LogP contribution in [0.5, 0.6) is 0 Å². The third-order valence-corrected chi connectivity index (χ3v) is 5.88. The molecule has 0 aliphatic carbocycles. The predicted molar refractivity (Wildman–Crippen MR) is 120 cm³/mol. The van der Waals surface area contributed by atoms with Gasteiger partial charge in [-0.1, -0.05) is 32.4 Å². The topological polar surface area (TPSA) is 34.4 Å². The van der Waals surface area contributed by atoms with Gasteiger partial charge in [0.25, 0.3) is 0 Å². The molecule has 0 unspecified atom stereocenters. The Morgan fingerprint density at radius 1 is 1.18 bits per heavy atom. The van der Waals surface area contributed by atoms with E-state index in [1.54, 1.807) is 0 Å². The molecule has 1 aromatic carbocycles. The van der Waals surface area contributed by atoms with E-state index in [1.807, 2.05) is 18.2 Å². The van der Waals surface area contributed by atoms with Crippen molar-refractivity contribution >= 4 is 34.7 Å². The van der Waals surface area contributed by atoms with Crippen LogP contribution in [-0.4, -0.2) is 59.7 Å². The normalized spacial score (nSPS) is 20.4. The maximum absolute atomic E-state index is 6.35. The third-order valence-electron chi connectivity index (χ3n) is 5.65. The van der Waals surface area contributed by atoms with Gasteiger partial charge >= 0.3 is 0 Å². The van der Waals surface area contributed by atoms with Gasteiger partial charge in [0.2, 0.25) is 5.96 Å². The number of allylic oxidation sites excluding steroid dienone is 1. The van der Waals surface area contributed by atoms with Gasteiger partial charge in [-0.3, -0.25) is 0 Å². The second-order valence-electron chi connectivity index (χ2n) is 8.05. The molecule has 0 bridgehead atoms. The Kier molecular flexibility index (Phi) is 6.46. The van der Waals surface area contributed by atoms with Crippen molar-refractivity contribution in [3.63, 3.8) is 0 Å². The number of likely N-dealkylation sites (N-methyl/N-ethyl adjacent to an activating group) is 1. The Hall–Kier alpha value is -1.85. The van der Waals surface area contributed by atoms with Crippen LogP contribution in [0.15, 0.2) is 33.9 Å². The highest BCUT2D eigenvalue weighted by Crippen LogP contribution is 2.39. The van der Waals surface area contributed by atoms with Crippen molar-refractivity contribution in [2.45, 2.75) is 41.0 Å². The highest BCUT2D eigenvalue weighted by molar-refractivity contribution is 6.31. The summed E-state index contributed by atoms with van der Waals surface area (Å²) < 4.78 is 0. The van der Waals surface area contributed by atoms with Crippen LogP contribution in [0.2, 0.25) is 5.02 Å². The number of aliphatic imine (C=N–C) groups is 1. The summed E-state index contributed by atoms with van der Waals surface area (Å²) in [5.41, 5.74) is 5.52. The van der Waals surface area contributed by atoms with Gasteiger partial charge in [-0.25, -0.2) is 4.99 Å². The molecule has 1 fully saturated rings. The smallest absolute Gasteiger partial charge is 0.227 e. The van der Waals surface area contributed by atoms with Crippen LogP contribution >= 0.6 is 11.6 Å². The monoisotopic (exact) mass is 401 g/mol. The minimum absolute atomic E-state index is 0.373. The van der Waals surface area contributed by atoms with Crippen LogP contribution in [0.3, 0.4) is 0 Å². The number of halogens is 1. The molecule has 5 nitrogen and oxygen atoms in total. The lowest BCUT2D eigenvalue weighted by atomic mass is 10.0. The predicted octanol–water partition coefficient (Wildman–Crippen LogP) is 5.06. The van der Waals surface area contributed by atoms with E-state index in [1.165, 1.54) is 5.57 Å². The Balaban J connectivity index is 2.19. The van der Waals surface area contributed by atoms with E-state index in [2.05, 4.69) is 56.5 Å². The first-order chi connectivity index (χ1) is 13.3. The first-order valence-electron chi connectivity index (χ1n) is 10.2. The summed E-state index contributed by atoms with van der Waals surface area (Å²) >= 11 is 6.35. The molecule has 0 radical (unpaired) electrons. The molecule has 0 saturated carbocycles. The number of hydrazone groups is 1. The zero-order valence-electron chi connectivity index (χ0n) is 18.0. The summed E-state index contributed by atoms with van der Waals surface area (Å²) in [6.45, 7) is 14.8. The molecule has 2 aliphatic rings. The van der Waals surface area contributed by atoms with E-state index >= 15 is 0 Å². The molecule has 0 atom stereocenters. The van der Waals surface area contributed by atoms with E-state index in [0.717, 1.165) is 66.2 Å². The van der Waals surface area contributed by atoms with E-state index in [-0.39, 0.29) is 0 Å². The van der Waals surface area contributed by atoms with Crippen molar-refractivity contribution in [2.75, 3.05) is 33.2 Å². The zero-order chi connectivity index (χ0) is 20.4. The second-order valence-corrected chi connectivity index (χ2v) is 8.49. The van der Waals surface area contributed by atoms with Gasteiger partial charge in [0.05, 0.1) is 11.4 Å². The van der Waals surface area contributed by atoms with Crippen molar-refractivity contribution < 1.29 is 0 Å². The van der Waals surface area contributed by atoms with Crippen LogP contribution in [0.4, 0.5) is 5.69 Å². The van der Waals surface area contributed by atoms with Gasteiger partial charge in [0.1, 0.15) is 0 Å². The fourth-order valence-corrected chi connectivity index (χ4v) is 3.49. The van der Waals surface area contributed by atoms with Crippen LogP contribution in [-0.2, 0) is 0 Å². The van der Waals surface area contributed by atoms with Crippen molar-refractivity contribution in [3.05, 3.63) is 34.4 Å². The molecule has 2 heterocycles. The maximum atomic E-state index is 6.35. The molecule has 0 spiro atoms. The largest absolute Gasteiger partial charge is 0.338 e. The van der Waals surface area contributed by atoms with Gasteiger partial charge in [0.15, 0.2) is 0 Å². The van der Waals surface area contributed by atoms with Crippen molar-refractivity contribution in [3.8, 4) is 0 Å². The van der Waals surface area contributed by atoms with Gasteiger partial charge in [0, 0.05) is 42.5 Å². The summed E-state index contributed by atoms with van der Waals surface area (Å²) in [7, 11) is 2.17. The average molecular weight is 402 g/mol. The molecular weight excluding hydrogens is 370 g/mol. The van der Waals surface area contributed by atoms with Crippen molar-refractivity contribution in [1.29, 1.82) is 0 Å². The van der Waals surface area contributed by atoms with Crippen LogP contribution < -0.4 is 0 Å². The third kappa shape index (κ3) is 4.26. The molecule has 1 saturated heterocycles. The molecule has 152 valence electrons. The molecule has 0 N–H and O–H groups in total. The van der Waals surface area contributed by atoms with Crippen molar-refractivity contribution in [1.82, 2.24) is 14.8 Å². The highest BCUT2D eigenvalue weighted by atomic mass is 35.5. The summed E-state index contributed by atoms with van der Waals surface area (Å²) in [5, 5.41) is 7.85. The SMILES string of the molecule is CCC(C)=C1c2cc(Cl)ccc2N=C(N2CCN(C)CC2)N1/N=C(\C)C(C)C. The minimum Gasteiger partial charge on any atom is -0.338 e. The summed E-state index contributed by atoms with van der Waals surface area (Å²) in [5.74, 6) is 1.29. The second kappa shape index (κ2) is 8.66. The summed E-state index contributed by atoms with van der Waals surface area (Å²) in [6, 6.07) is 5.96. The summed E-state index contributed by atoms with van der Waals surface area (Å²) in [4.78, 5) is 9.76. The number of benzene rings is 1. The number of hydrogen-bond donors (Lipinski definition) is 0. The molecule has 2 aliphatic heterocycles. The Morgan fingerprint density at radius 3 is 2.46 bits per heavy atom. The molecule has 28 heavy (non-hydrogen) atoms. The van der Waals surface area contributed by atoms with Gasteiger partial charge < -0.3 is 9.80 Å². The molecule has 6 heteroatoms. The van der Waals surface area contributed by atoms with E-state index in [4.69, 9.17) is 21.7 Å². The number of guanidine groups is 1. The number of rotatable bonds is 3. The molecule has 0 aromatic heterocycles. The average Bonchev–Trinajstić information content (AvgIpc) is 2.67. The molecular formula is C22H32ClN5. The quantitative estimate of drug-likeness (QED) is 0.663. The van der Waals surface area contributed by atoms with Gasteiger partial charge in [-0.05, 0) is 57.0 Å². The standard InChI is InChI=1S/C22H32ClN5/c1-7-16(4)21-19-14-18(23)8-9-20(19)24-22(27-12-10-26(6)11-13-27)28(21)25-17(5)15(2)3/h8-9,14-15H,7,10-13H2,1-6H3/b21-16?,25-17+. The Morgan fingerprint density at radius 2 is 1.86 bits per heavy atom. The summed E-state index contributed by atoms with van der Waals surface area (Å²) in [6.07, 6.45) is 0.948.